The fraction of sp³-hybridized carbons (Fsp3) is 1.00. The fourth-order valence-corrected chi connectivity index (χ4v) is 0.925. The highest BCUT2D eigenvalue weighted by Crippen LogP contribution is 2.11. The molecule has 0 atom stereocenters. The lowest BCUT2D eigenvalue weighted by Crippen LogP contribution is -2.11. The van der Waals surface area contributed by atoms with Crippen molar-refractivity contribution in [3.63, 3.8) is 0 Å². The fourth-order valence-electron chi connectivity index (χ4n) is 0.925. The van der Waals surface area contributed by atoms with Gasteiger partial charge in [-0.15, -0.1) is 0 Å². The van der Waals surface area contributed by atoms with Crippen LogP contribution in [-0.2, 0) is 4.57 Å². The van der Waals surface area contributed by atoms with Gasteiger partial charge in [0, 0.05) is 0 Å². The molecule has 0 aromatic carbocycles. The van der Waals surface area contributed by atoms with E-state index in [1.165, 1.54) is 38.5 Å². The van der Waals surface area contributed by atoms with Crippen molar-refractivity contribution >= 4 is 7.82 Å². The molecule has 0 aromatic rings. The summed E-state index contributed by atoms with van der Waals surface area (Å²) in [6, 6.07) is 0. The molecule has 0 saturated heterocycles. The Bertz CT molecular complexity index is 143. The molecule has 0 spiro atoms. The third-order valence-electron chi connectivity index (χ3n) is 1.56. The summed E-state index contributed by atoms with van der Waals surface area (Å²) >= 11 is 0. The van der Waals surface area contributed by atoms with Crippen LogP contribution in [0.3, 0.4) is 0 Å². The summed E-state index contributed by atoms with van der Waals surface area (Å²) in [5, 5.41) is 0. The van der Waals surface area contributed by atoms with E-state index in [-0.39, 0.29) is 2.85 Å². The number of unbranched alkanes of at least 4 members (excludes halogenated alkanes) is 5. The van der Waals surface area contributed by atoms with Gasteiger partial charge in [-0.25, -0.2) is 0 Å². The Morgan fingerprint density at radius 2 is 1.57 bits per heavy atom. The smallest absolute Gasteiger partial charge is 0.790 e. The van der Waals surface area contributed by atoms with Gasteiger partial charge < -0.3 is 25.0 Å². The molecular weight excluding hydrogens is 205 g/mol. The number of nitrogens with two attached hydrogens (primary N) is 1. The normalized spacial score (nSPS) is 10.6. The molecule has 0 rings (SSSR count). The second kappa shape index (κ2) is 11.1. The average molecular weight is 227 g/mol. The molecule has 0 aliphatic rings. The van der Waals surface area contributed by atoms with Crippen LogP contribution < -0.4 is 15.5 Å². The standard InChI is InChI=1S/C8H19N.H3O4P/c1-2-3-4-5-6-7-8-9;1-5(2,3)4/h2-9H2,1H3;(H3,1,2,3,4). The van der Waals surface area contributed by atoms with Gasteiger partial charge in [-0.05, 0) is 13.0 Å². The van der Waals surface area contributed by atoms with Gasteiger partial charge in [-0.3, -0.25) is 0 Å². The molecule has 14 heavy (non-hydrogen) atoms. The highest BCUT2D eigenvalue weighted by molar-refractivity contribution is 7.42. The Balaban J connectivity index is -0.0000000904. The first-order valence-corrected chi connectivity index (χ1v) is 6.36. The van der Waals surface area contributed by atoms with E-state index in [0.717, 1.165) is 6.54 Å². The largest absolute Gasteiger partial charge is 1.00 e. The van der Waals surface area contributed by atoms with Gasteiger partial charge in [-0.2, -0.15) is 0 Å². The summed E-state index contributed by atoms with van der Waals surface area (Å²) in [6.07, 6.45) is 8.05. The lowest BCUT2D eigenvalue weighted by Gasteiger charge is -2.19. The van der Waals surface area contributed by atoms with Crippen molar-refractivity contribution in [1.29, 1.82) is 0 Å². The molecule has 0 amide bonds. The van der Waals surface area contributed by atoms with Crippen LogP contribution in [0.25, 0.3) is 0 Å². The molecule has 0 aliphatic heterocycles. The van der Waals surface area contributed by atoms with E-state index in [2.05, 4.69) is 6.92 Å². The summed E-state index contributed by atoms with van der Waals surface area (Å²) in [7, 11) is -5.14. The predicted molar refractivity (Wildman–Crippen MR) is 54.5 cm³/mol. The van der Waals surface area contributed by atoms with E-state index in [1.807, 2.05) is 0 Å². The lowest BCUT2D eigenvalue weighted by atomic mass is 10.1. The molecular formula is C8H22NO4P. The second-order valence-corrected chi connectivity index (χ2v) is 3.96. The molecule has 0 unspecified atom stereocenters. The summed E-state index contributed by atoms with van der Waals surface area (Å²) in [4.78, 5) is 24.3. The van der Waals surface area contributed by atoms with Crippen LogP contribution in [0.5, 0.6) is 0 Å². The quantitative estimate of drug-likeness (QED) is 0.502. The minimum Gasteiger partial charge on any atom is -0.790 e. The van der Waals surface area contributed by atoms with Crippen LogP contribution in [0.4, 0.5) is 0 Å². The molecule has 5 nitrogen and oxygen atoms in total. The Morgan fingerprint density at radius 3 is 1.93 bits per heavy atom. The van der Waals surface area contributed by atoms with Gasteiger partial charge in [0.15, 0.2) is 0 Å². The average Bonchev–Trinajstić information content (AvgIpc) is 2.01. The van der Waals surface area contributed by atoms with Crippen LogP contribution in [0.15, 0.2) is 0 Å². The maximum absolute atomic E-state index is 8.66. The summed E-state index contributed by atoms with van der Waals surface area (Å²) < 4.78 is 8.66. The minimum absolute atomic E-state index is 0. The number of hydrogen-bond donors (Lipinski definition) is 2. The summed E-state index contributed by atoms with van der Waals surface area (Å²) in [6.45, 7) is 3.11. The number of phosphoric acid groups is 1. The highest BCUT2D eigenvalue weighted by Gasteiger charge is 1.85. The maximum atomic E-state index is 8.66. The van der Waals surface area contributed by atoms with E-state index in [1.54, 1.807) is 0 Å². The molecule has 0 bridgehead atoms. The molecule has 6 heteroatoms. The molecule has 0 aromatic heterocycles. The Morgan fingerprint density at radius 1 is 1.21 bits per heavy atom. The monoisotopic (exact) mass is 227 g/mol. The minimum atomic E-state index is -5.14. The van der Waals surface area contributed by atoms with Gasteiger partial charge in [-0.1, -0.05) is 39.0 Å². The Labute approximate surface area is 88.5 Å². The number of rotatable bonds is 6. The van der Waals surface area contributed by atoms with Crippen molar-refractivity contribution in [3.8, 4) is 0 Å². The predicted octanol–water partition coefficient (Wildman–Crippen LogP) is 0.338. The SMILES string of the molecule is CCCCCCCCN.O=P([O-])([O-])O.[H+].[H+]. The lowest BCUT2D eigenvalue weighted by molar-refractivity contribution is -0.337. The van der Waals surface area contributed by atoms with Crippen LogP contribution in [0.2, 0.25) is 0 Å². The van der Waals surface area contributed by atoms with E-state index < -0.39 is 7.82 Å². The van der Waals surface area contributed by atoms with Crippen molar-refractivity contribution in [2.75, 3.05) is 6.54 Å². The first-order valence-electron chi connectivity index (χ1n) is 4.86. The van der Waals surface area contributed by atoms with Crippen LogP contribution in [-0.4, -0.2) is 11.4 Å². The van der Waals surface area contributed by atoms with Crippen molar-refractivity contribution in [2.45, 2.75) is 45.4 Å². The molecule has 3 N–H and O–H groups in total. The molecule has 0 aliphatic carbocycles. The highest BCUT2D eigenvalue weighted by atomic mass is 31.2. The van der Waals surface area contributed by atoms with E-state index >= 15 is 0 Å². The van der Waals surface area contributed by atoms with Gasteiger partial charge >= 0.3 is 2.85 Å². The summed E-state index contributed by atoms with van der Waals surface area (Å²) in [5.74, 6) is 0. The first kappa shape index (κ1) is 16.5. The topological polar surface area (TPSA) is 109 Å². The van der Waals surface area contributed by atoms with Crippen LogP contribution >= 0.6 is 7.82 Å². The third kappa shape index (κ3) is 40.1. The molecule has 0 fully saturated rings. The van der Waals surface area contributed by atoms with Gasteiger partial charge in [0.1, 0.15) is 0 Å². The van der Waals surface area contributed by atoms with Crippen LogP contribution in [0, 0.1) is 0 Å². The Kier molecular flexibility index (Phi) is 13.1. The zero-order valence-corrected chi connectivity index (χ0v) is 9.54. The van der Waals surface area contributed by atoms with E-state index in [4.69, 9.17) is 25.0 Å². The number of hydrogen-bond acceptors (Lipinski definition) is 4. The maximum Gasteiger partial charge on any atom is 1.00 e. The van der Waals surface area contributed by atoms with Crippen LogP contribution in [0.1, 0.15) is 48.3 Å². The van der Waals surface area contributed by atoms with Crippen molar-refractivity contribution < 1.29 is 22.1 Å². The second-order valence-electron chi connectivity index (χ2n) is 3.02. The van der Waals surface area contributed by atoms with Crippen molar-refractivity contribution in [1.82, 2.24) is 0 Å². The van der Waals surface area contributed by atoms with Gasteiger partial charge in [0.25, 0.3) is 0 Å². The zero-order valence-electron chi connectivity index (χ0n) is 10.6. The third-order valence-corrected chi connectivity index (χ3v) is 1.56. The first-order chi connectivity index (χ1) is 6.41. The Hall–Kier alpha value is 0.0700. The molecule has 0 heterocycles. The zero-order chi connectivity index (χ0) is 11.4. The van der Waals surface area contributed by atoms with E-state index in [0.29, 0.717) is 0 Å². The van der Waals surface area contributed by atoms with Gasteiger partial charge in [0.05, 0.1) is 7.82 Å². The molecule has 88 valence electrons. The van der Waals surface area contributed by atoms with Crippen molar-refractivity contribution in [3.05, 3.63) is 0 Å². The van der Waals surface area contributed by atoms with Crippen molar-refractivity contribution in [2.24, 2.45) is 5.73 Å². The molecule has 0 radical (unpaired) electrons. The molecule has 0 saturated carbocycles. The summed E-state index contributed by atoms with van der Waals surface area (Å²) in [5.41, 5.74) is 5.34. The van der Waals surface area contributed by atoms with Gasteiger partial charge in [0.2, 0.25) is 0 Å². The van der Waals surface area contributed by atoms with E-state index in [9.17, 15) is 0 Å².